The van der Waals surface area contributed by atoms with Crippen LogP contribution in [0, 0.1) is 23.7 Å². The summed E-state index contributed by atoms with van der Waals surface area (Å²) in [5.74, 6) is -5.12. The molecular formula is C41H61N5O11S. The fourth-order valence-electron chi connectivity index (χ4n) is 8.47. The lowest BCUT2D eigenvalue weighted by molar-refractivity contribution is -0.296. The SMILES string of the molecule is CC[C@H]1OC(=O)[C@H](C)C(=O)[C@H](C)[C@@H](O[C@@H]2O[C@H](C)C[C@H](N(C)C)[C@H]2O)[C@@]2(C)C[C@@H](C)C(=O)[C@H](C)[C@H](OC/C(=N\OCc3ncc(-c4cccc(N)n4)s3)CO2)[C@]1(C)O. The number of oxime groups is 1. The number of nitrogens with two attached hydrogens (primary N) is 1. The van der Waals surface area contributed by atoms with Gasteiger partial charge in [0, 0.05) is 30.0 Å². The van der Waals surface area contributed by atoms with Crippen LogP contribution in [0.25, 0.3) is 10.6 Å². The number of carbonyl (C=O) groups is 3. The maximum atomic E-state index is 14.4. The highest BCUT2D eigenvalue weighted by Gasteiger charge is 2.53. The van der Waals surface area contributed by atoms with Crippen molar-refractivity contribution in [1.29, 1.82) is 0 Å². The second-order valence-electron chi connectivity index (χ2n) is 16.7. The Balaban J connectivity index is 1.57. The number of nitrogen functional groups attached to an aromatic ring is 1. The van der Waals surface area contributed by atoms with Gasteiger partial charge in [-0.15, -0.1) is 11.3 Å². The lowest BCUT2D eigenvalue weighted by atomic mass is 9.74. The number of carbonyl (C=O) groups excluding carboxylic acids is 3. The van der Waals surface area contributed by atoms with Crippen molar-refractivity contribution in [3.8, 4) is 10.6 Å². The number of Topliss-reactive ketones (excluding diaryl/α,β-unsaturated/α-hetero) is 2. The molecule has 16 nitrogen and oxygen atoms in total. The number of thiazole rings is 1. The summed E-state index contributed by atoms with van der Waals surface area (Å²) in [6, 6.07) is 5.02. The van der Waals surface area contributed by atoms with Crippen LogP contribution in [0.5, 0.6) is 0 Å². The molecule has 3 saturated heterocycles. The molecular weight excluding hydrogens is 771 g/mol. The van der Waals surface area contributed by atoms with Gasteiger partial charge in [-0.1, -0.05) is 38.9 Å². The minimum absolute atomic E-state index is 0.00797. The second-order valence-corrected chi connectivity index (χ2v) is 17.8. The Bertz CT molecular complexity index is 1790. The van der Waals surface area contributed by atoms with Crippen molar-refractivity contribution < 1.29 is 53.1 Å². The van der Waals surface area contributed by atoms with Gasteiger partial charge in [-0.05, 0) is 73.2 Å². The normalized spacial score (nSPS) is 37.8. The standard InChI is InChI=1S/C41H61N5O11S/c1-11-30-41(8,51)37-23(4)33(47)21(2)16-40(7,53-19-26(18-52-37)45-54-20-32-43-17-29(58-32)27-13-12-14-31(42)44-27)36(24(5)34(48)25(6)38(50)56-30)57-39-35(49)28(46(9)10)15-22(3)55-39/h12-14,17,21-25,28,30,35-37,39,49,51H,11,15-16,18-20H2,1-10H3,(H2,42,44)/b45-26+/t21-,22-,23+,24+,25-,28+,30-,35-,36-,37+,39+,40-,41-/m1/s1. The van der Waals surface area contributed by atoms with Crippen LogP contribution >= 0.6 is 11.3 Å². The van der Waals surface area contributed by atoms with Crippen LogP contribution in [0.2, 0.25) is 0 Å². The summed E-state index contributed by atoms with van der Waals surface area (Å²) in [5.41, 5.74) is 3.50. The monoisotopic (exact) mass is 831 g/mol. The molecule has 3 fully saturated rings. The van der Waals surface area contributed by atoms with E-state index in [-0.39, 0.29) is 56.3 Å². The number of ether oxygens (including phenoxy) is 5. The molecule has 58 heavy (non-hydrogen) atoms. The Kier molecular flexibility index (Phi) is 14.9. The first-order chi connectivity index (χ1) is 27.3. The third kappa shape index (κ3) is 10.1. The molecule has 0 spiro atoms. The number of aliphatic hydroxyl groups is 2. The summed E-state index contributed by atoms with van der Waals surface area (Å²) in [5, 5.41) is 28.8. The summed E-state index contributed by atoms with van der Waals surface area (Å²) in [6.07, 6.45) is -3.66. The molecule has 3 aliphatic heterocycles. The smallest absolute Gasteiger partial charge is 0.316 e. The average Bonchev–Trinajstić information content (AvgIpc) is 3.65. The van der Waals surface area contributed by atoms with E-state index in [1.54, 1.807) is 46.9 Å². The van der Waals surface area contributed by atoms with Crippen LogP contribution in [0.3, 0.4) is 0 Å². The van der Waals surface area contributed by atoms with Gasteiger partial charge in [0.1, 0.15) is 46.0 Å². The number of aliphatic hydroxyl groups excluding tert-OH is 1. The Morgan fingerprint density at radius 3 is 2.47 bits per heavy atom. The molecule has 5 rings (SSSR count). The van der Waals surface area contributed by atoms with Crippen molar-refractivity contribution >= 4 is 40.4 Å². The van der Waals surface area contributed by atoms with E-state index in [1.165, 1.54) is 25.2 Å². The Morgan fingerprint density at radius 1 is 1.07 bits per heavy atom. The maximum absolute atomic E-state index is 14.4. The van der Waals surface area contributed by atoms with E-state index in [0.29, 0.717) is 22.9 Å². The number of hydrogen-bond donors (Lipinski definition) is 3. The zero-order valence-corrected chi connectivity index (χ0v) is 36.1. The van der Waals surface area contributed by atoms with Crippen molar-refractivity contribution in [2.45, 2.75) is 135 Å². The first-order valence-corrected chi connectivity index (χ1v) is 20.9. The zero-order valence-electron chi connectivity index (χ0n) is 35.2. The third-order valence-corrected chi connectivity index (χ3v) is 12.7. The highest BCUT2D eigenvalue weighted by Crippen LogP contribution is 2.40. The largest absolute Gasteiger partial charge is 0.459 e. The molecule has 4 N–H and O–H groups in total. The van der Waals surface area contributed by atoms with E-state index in [1.807, 2.05) is 38.1 Å². The number of ketones is 2. The Morgan fingerprint density at radius 2 is 1.79 bits per heavy atom. The summed E-state index contributed by atoms with van der Waals surface area (Å²) in [6.45, 7) is 12.9. The fraction of sp³-hybridized carbons (Fsp3) is 0.707. The van der Waals surface area contributed by atoms with Crippen molar-refractivity contribution in [3.05, 3.63) is 29.4 Å². The predicted octanol–water partition coefficient (Wildman–Crippen LogP) is 3.80. The molecule has 2 aromatic rings. The van der Waals surface area contributed by atoms with Crippen LogP contribution in [-0.2, 0) is 49.5 Å². The van der Waals surface area contributed by atoms with Crippen LogP contribution in [0.15, 0.2) is 29.6 Å². The van der Waals surface area contributed by atoms with Gasteiger partial charge in [-0.2, -0.15) is 0 Å². The molecule has 0 aromatic carbocycles. The minimum atomic E-state index is -1.88. The number of esters is 1. The van der Waals surface area contributed by atoms with E-state index in [9.17, 15) is 24.6 Å². The lowest BCUT2D eigenvalue weighted by Crippen LogP contribution is -2.60. The molecule has 17 heteroatoms. The summed E-state index contributed by atoms with van der Waals surface area (Å²) < 4.78 is 32.0. The molecule has 5 heterocycles. The number of rotatable bonds is 8. The molecule has 0 radical (unpaired) electrons. The molecule has 0 aliphatic carbocycles. The van der Waals surface area contributed by atoms with Crippen molar-refractivity contribution in [1.82, 2.24) is 14.9 Å². The number of likely N-dealkylation sites (N-methyl/N-ethyl adjacent to an activating group) is 1. The first kappa shape index (κ1) is 45.7. The molecule has 0 amide bonds. The van der Waals surface area contributed by atoms with Gasteiger partial charge < -0.3 is 49.4 Å². The van der Waals surface area contributed by atoms with E-state index in [0.717, 1.165) is 4.88 Å². The van der Waals surface area contributed by atoms with Crippen LogP contribution in [0.4, 0.5) is 5.82 Å². The average molecular weight is 832 g/mol. The third-order valence-electron chi connectivity index (χ3n) is 11.8. The van der Waals surface area contributed by atoms with Gasteiger partial charge in [0.25, 0.3) is 0 Å². The van der Waals surface area contributed by atoms with Gasteiger partial charge in [-0.25, -0.2) is 9.97 Å². The number of cyclic esters (lactones) is 1. The van der Waals surface area contributed by atoms with Gasteiger partial charge in [-0.3, -0.25) is 14.4 Å². The number of anilines is 1. The van der Waals surface area contributed by atoms with Crippen molar-refractivity contribution in [2.75, 3.05) is 33.0 Å². The Labute approximate surface area is 344 Å². The summed E-state index contributed by atoms with van der Waals surface area (Å²) in [7, 11) is 3.72. The van der Waals surface area contributed by atoms with E-state index in [4.69, 9.17) is 34.3 Å². The van der Waals surface area contributed by atoms with Crippen LogP contribution in [0.1, 0.15) is 79.7 Å². The van der Waals surface area contributed by atoms with Crippen LogP contribution < -0.4 is 5.73 Å². The van der Waals surface area contributed by atoms with Crippen molar-refractivity contribution in [3.63, 3.8) is 0 Å². The fourth-order valence-corrected chi connectivity index (χ4v) is 9.26. The lowest BCUT2D eigenvalue weighted by Gasteiger charge is -2.47. The molecule has 2 bridgehead atoms. The van der Waals surface area contributed by atoms with Gasteiger partial charge in [0.15, 0.2) is 18.7 Å². The van der Waals surface area contributed by atoms with Crippen molar-refractivity contribution in [2.24, 2.45) is 28.8 Å². The van der Waals surface area contributed by atoms with E-state index >= 15 is 0 Å². The number of hydrogen-bond acceptors (Lipinski definition) is 17. The molecule has 2 aromatic heterocycles. The number of aromatic nitrogens is 2. The van der Waals surface area contributed by atoms with Crippen LogP contribution in [-0.4, -0.2) is 130 Å². The summed E-state index contributed by atoms with van der Waals surface area (Å²) in [4.78, 5) is 59.9. The quantitative estimate of drug-likeness (QED) is 0.196. The second kappa shape index (κ2) is 18.9. The Hall–Kier alpha value is -3.42. The maximum Gasteiger partial charge on any atom is 0.316 e. The van der Waals surface area contributed by atoms with Gasteiger partial charge in [0.2, 0.25) is 0 Å². The topological polar surface area (TPSA) is 214 Å². The van der Waals surface area contributed by atoms with Gasteiger partial charge >= 0.3 is 5.97 Å². The van der Waals surface area contributed by atoms with E-state index in [2.05, 4.69) is 15.1 Å². The number of fused-ring (bicyclic) bond motifs is 5. The van der Waals surface area contributed by atoms with E-state index < -0.39 is 77.3 Å². The predicted molar refractivity (Wildman–Crippen MR) is 215 cm³/mol. The minimum Gasteiger partial charge on any atom is -0.459 e. The highest BCUT2D eigenvalue weighted by molar-refractivity contribution is 7.15. The number of nitrogens with zero attached hydrogens (tertiary/aromatic N) is 4. The molecule has 13 atom stereocenters. The zero-order chi connectivity index (χ0) is 42.7. The molecule has 0 saturated carbocycles. The van der Waals surface area contributed by atoms with Gasteiger partial charge in [0.05, 0.1) is 47.7 Å². The first-order valence-electron chi connectivity index (χ1n) is 20.0. The number of pyridine rings is 1. The molecule has 322 valence electrons. The highest BCUT2D eigenvalue weighted by atomic mass is 32.1. The molecule has 3 aliphatic rings. The molecule has 0 unspecified atom stereocenters. The summed E-state index contributed by atoms with van der Waals surface area (Å²) >= 11 is 1.36.